The quantitative estimate of drug-likeness (QED) is 0.814. The van der Waals surface area contributed by atoms with Gasteiger partial charge in [-0.15, -0.1) is 0 Å². The van der Waals surface area contributed by atoms with Gasteiger partial charge in [0.25, 0.3) is 0 Å². The topological polar surface area (TPSA) is 72.6 Å². The van der Waals surface area contributed by atoms with Gasteiger partial charge in [-0.3, -0.25) is 0 Å². The molecule has 1 aromatic rings. The number of carbonyl (C=O) groups is 1. The predicted molar refractivity (Wildman–Crippen MR) is 60.8 cm³/mol. The second-order valence-corrected chi connectivity index (χ2v) is 4.33. The van der Waals surface area contributed by atoms with Crippen LogP contribution in [-0.2, 0) is 17.8 Å². The average Bonchev–Trinajstić information content (AvgIpc) is 2.16. The first-order valence-corrected chi connectivity index (χ1v) is 5.10. The first kappa shape index (κ1) is 12.5. The largest absolute Gasteiger partial charge is 0.443 e. The fourth-order valence-electron chi connectivity index (χ4n) is 1.56. The first-order valence-electron chi connectivity index (χ1n) is 5.10. The van der Waals surface area contributed by atoms with Crippen molar-refractivity contribution in [3.05, 3.63) is 35.4 Å². The number of aliphatic hydroxyl groups is 1. The Balaban J connectivity index is 2.68. The molecule has 0 aliphatic rings. The fraction of sp³-hybridized carbons (Fsp3) is 0.417. The van der Waals surface area contributed by atoms with Gasteiger partial charge in [0.15, 0.2) is 0 Å². The molecule has 0 spiro atoms. The van der Waals surface area contributed by atoms with Gasteiger partial charge >= 0.3 is 6.09 Å². The third-order valence-electron chi connectivity index (χ3n) is 2.21. The van der Waals surface area contributed by atoms with Crippen LogP contribution < -0.4 is 5.73 Å². The molecule has 0 aliphatic carbocycles. The summed E-state index contributed by atoms with van der Waals surface area (Å²) in [4.78, 5) is 10.7. The Morgan fingerprint density at radius 2 is 1.81 bits per heavy atom. The summed E-state index contributed by atoms with van der Waals surface area (Å²) in [6, 6.07) is 7.49. The molecule has 1 aromatic carbocycles. The lowest BCUT2D eigenvalue weighted by Gasteiger charge is -2.24. The standard InChI is InChI=1S/C12H17NO3/c1-12(2,16-11(13)15)7-9-3-5-10(8-14)6-4-9/h3-6,14H,7-8H2,1-2H3,(H2,13,15). The molecule has 0 aliphatic heterocycles. The molecule has 3 N–H and O–H groups in total. The van der Waals surface area contributed by atoms with Gasteiger partial charge in [-0.05, 0) is 25.0 Å². The van der Waals surface area contributed by atoms with Crippen molar-refractivity contribution in [3.63, 3.8) is 0 Å². The van der Waals surface area contributed by atoms with Crippen LogP contribution in [0.2, 0.25) is 0 Å². The van der Waals surface area contributed by atoms with Crippen molar-refractivity contribution in [2.24, 2.45) is 5.73 Å². The first-order chi connectivity index (χ1) is 7.43. The third-order valence-corrected chi connectivity index (χ3v) is 2.21. The molecule has 1 rings (SSSR count). The normalized spacial score (nSPS) is 11.2. The molecule has 4 heteroatoms. The van der Waals surface area contributed by atoms with Gasteiger partial charge in [-0.2, -0.15) is 0 Å². The minimum atomic E-state index is -0.767. The lowest BCUT2D eigenvalue weighted by atomic mass is 9.97. The van der Waals surface area contributed by atoms with E-state index in [0.29, 0.717) is 6.42 Å². The van der Waals surface area contributed by atoms with E-state index in [1.807, 2.05) is 24.3 Å². The predicted octanol–water partition coefficient (Wildman–Crippen LogP) is 1.60. The number of nitrogens with two attached hydrogens (primary N) is 1. The summed E-state index contributed by atoms with van der Waals surface area (Å²) in [5.41, 5.74) is 6.25. The highest BCUT2D eigenvalue weighted by molar-refractivity contribution is 5.65. The summed E-state index contributed by atoms with van der Waals surface area (Å²) in [7, 11) is 0. The molecule has 0 atom stereocenters. The molecule has 0 unspecified atom stereocenters. The fourth-order valence-corrected chi connectivity index (χ4v) is 1.56. The van der Waals surface area contributed by atoms with Crippen LogP contribution in [0.3, 0.4) is 0 Å². The van der Waals surface area contributed by atoms with Crippen LogP contribution in [0.1, 0.15) is 25.0 Å². The molecule has 0 bridgehead atoms. The van der Waals surface area contributed by atoms with Gasteiger partial charge in [0.1, 0.15) is 5.60 Å². The molecule has 0 saturated heterocycles. The highest BCUT2D eigenvalue weighted by atomic mass is 16.6. The van der Waals surface area contributed by atoms with Crippen molar-refractivity contribution in [2.75, 3.05) is 0 Å². The van der Waals surface area contributed by atoms with Gasteiger partial charge in [0.05, 0.1) is 6.61 Å². The van der Waals surface area contributed by atoms with Crippen molar-refractivity contribution in [2.45, 2.75) is 32.5 Å². The zero-order valence-electron chi connectivity index (χ0n) is 9.56. The second-order valence-electron chi connectivity index (χ2n) is 4.33. The summed E-state index contributed by atoms with van der Waals surface area (Å²) in [5.74, 6) is 0. The van der Waals surface area contributed by atoms with Gasteiger partial charge in [-0.25, -0.2) is 4.79 Å². The Labute approximate surface area is 95.0 Å². The number of primary amides is 1. The maximum atomic E-state index is 10.7. The van der Waals surface area contributed by atoms with E-state index < -0.39 is 11.7 Å². The lowest BCUT2D eigenvalue weighted by Crippen LogP contribution is -2.33. The van der Waals surface area contributed by atoms with Crippen LogP contribution in [0.15, 0.2) is 24.3 Å². The number of hydrogen-bond acceptors (Lipinski definition) is 3. The van der Waals surface area contributed by atoms with Gasteiger partial charge in [0.2, 0.25) is 0 Å². The molecular weight excluding hydrogens is 206 g/mol. The summed E-state index contributed by atoms with van der Waals surface area (Å²) in [6.07, 6.45) is -0.182. The number of rotatable bonds is 4. The highest BCUT2D eigenvalue weighted by Crippen LogP contribution is 2.17. The molecule has 16 heavy (non-hydrogen) atoms. The summed E-state index contributed by atoms with van der Waals surface area (Å²) in [5, 5.41) is 8.89. The molecular formula is C12H17NO3. The van der Waals surface area contributed by atoms with Crippen molar-refractivity contribution in [1.29, 1.82) is 0 Å². The summed E-state index contributed by atoms with van der Waals surface area (Å²) in [6.45, 7) is 3.64. The SMILES string of the molecule is CC(C)(Cc1ccc(CO)cc1)OC(N)=O. The lowest BCUT2D eigenvalue weighted by molar-refractivity contribution is 0.0460. The molecule has 0 radical (unpaired) electrons. The van der Waals surface area contributed by atoms with E-state index >= 15 is 0 Å². The summed E-state index contributed by atoms with van der Waals surface area (Å²) < 4.78 is 4.99. The van der Waals surface area contributed by atoms with Crippen molar-refractivity contribution in [3.8, 4) is 0 Å². The number of benzene rings is 1. The molecule has 0 saturated carbocycles. The molecule has 1 amide bonds. The monoisotopic (exact) mass is 223 g/mol. The zero-order valence-corrected chi connectivity index (χ0v) is 9.56. The van der Waals surface area contributed by atoms with E-state index in [1.54, 1.807) is 13.8 Å². The smallest absolute Gasteiger partial charge is 0.405 e. The van der Waals surface area contributed by atoms with Crippen molar-refractivity contribution >= 4 is 6.09 Å². The number of ether oxygens (including phenoxy) is 1. The van der Waals surface area contributed by atoms with Gasteiger partial charge in [-0.1, -0.05) is 24.3 Å². The Kier molecular flexibility index (Phi) is 3.90. The minimum absolute atomic E-state index is 0.0292. The number of aliphatic hydroxyl groups excluding tert-OH is 1. The Bertz CT molecular complexity index is 357. The van der Waals surface area contributed by atoms with Gasteiger partial charge < -0.3 is 15.6 Å². The molecule has 4 nitrogen and oxygen atoms in total. The Morgan fingerprint density at radius 1 is 1.31 bits per heavy atom. The molecule has 0 heterocycles. The zero-order chi connectivity index (χ0) is 12.2. The molecule has 0 aromatic heterocycles. The van der Waals surface area contributed by atoms with E-state index in [0.717, 1.165) is 11.1 Å². The highest BCUT2D eigenvalue weighted by Gasteiger charge is 2.21. The second kappa shape index (κ2) is 4.99. The Hall–Kier alpha value is -1.55. The number of amides is 1. The maximum Gasteiger partial charge on any atom is 0.405 e. The van der Waals surface area contributed by atoms with E-state index in [1.165, 1.54) is 0 Å². The van der Waals surface area contributed by atoms with Crippen LogP contribution in [0.4, 0.5) is 4.79 Å². The van der Waals surface area contributed by atoms with Crippen molar-refractivity contribution < 1.29 is 14.6 Å². The van der Waals surface area contributed by atoms with Crippen LogP contribution in [0.5, 0.6) is 0 Å². The van der Waals surface area contributed by atoms with E-state index in [-0.39, 0.29) is 6.61 Å². The van der Waals surface area contributed by atoms with Gasteiger partial charge in [0, 0.05) is 6.42 Å². The number of carbonyl (C=O) groups excluding carboxylic acids is 1. The molecule has 88 valence electrons. The van der Waals surface area contributed by atoms with Crippen LogP contribution >= 0.6 is 0 Å². The Morgan fingerprint density at radius 3 is 2.25 bits per heavy atom. The van der Waals surface area contributed by atoms with Crippen LogP contribution in [0.25, 0.3) is 0 Å². The average molecular weight is 223 g/mol. The summed E-state index contributed by atoms with van der Waals surface area (Å²) >= 11 is 0. The number of hydrogen-bond donors (Lipinski definition) is 2. The van der Waals surface area contributed by atoms with Crippen molar-refractivity contribution in [1.82, 2.24) is 0 Å². The van der Waals surface area contributed by atoms with Crippen LogP contribution in [0, 0.1) is 0 Å². The third kappa shape index (κ3) is 3.90. The minimum Gasteiger partial charge on any atom is -0.443 e. The van der Waals surface area contributed by atoms with Crippen LogP contribution in [-0.4, -0.2) is 16.8 Å². The van der Waals surface area contributed by atoms with E-state index in [2.05, 4.69) is 0 Å². The van der Waals surface area contributed by atoms with E-state index in [9.17, 15) is 4.79 Å². The maximum absolute atomic E-state index is 10.7. The molecule has 0 fully saturated rings. The van der Waals surface area contributed by atoms with E-state index in [4.69, 9.17) is 15.6 Å².